The Bertz CT molecular complexity index is 249. The molecule has 0 fully saturated rings. The predicted molar refractivity (Wildman–Crippen MR) is 62.9 cm³/mol. The van der Waals surface area contributed by atoms with Gasteiger partial charge in [-0.25, -0.2) is 0 Å². The van der Waals surface area contributed by atoms with Crippen LogP contribution in [0.3, 0.4) is 0 Å². The number of benzene rings is 1. The quantitative estimate of drug-likeness (QED) is 0.765. The van der Waals surface area contributed by atoms with E-state index in [0.717, 1.165) is 11.9 Å². The normalized spacial score (nSPS) is 8.79. The molecule has 0 heterocycles. The Morgan fingerprint density at radius 2 is 1.86 bits per heavy atom. The highest BCUT2D eigenvalue weighted by atomic mass is 32.2. The maximum Gasteiger partial charge on any atom is 0.200 e. The first-order chi connectivity index (χ1) is 6.70. The topological polar surface area (TPSA) is 43.1 Å². The minimum Gasteiger partial charge on any atom is -0.286 e. The van der Waals surface area contributed by atoms with Crippen molar-refractivity contribution in [1.82, 2.24) is 0 Å². The van der Waals surface area contributed by atoms with Gasteiger partial charge in [-0.3, -0.25) is 9.93 Å². The minimum atomic E-state index is -0.0509. The van der Waals surface area contributed by atoms with Gasteiger partial charge in [0, 0.05) is 6.92 Å². The summed E-state index contributed by atoms with van der Waals surface area (Å²) >= 11 is 0.741. The molecule has 3 heteroatoms. The highest BCUT2D eigenvalue weighted by Gasteiger charge is 1.84. The summed E-state index contributed by atoms with van der Waals surface area (Å²) in [6.45, 7) is 3.62. The SMILES string of the molecule is CC(=O)SN.CCCc1ccccc1. The molecule has 1 rings (SSSR count). The fourth-order valence-corrected chi connectivity index (χ4v) is 0.933. The van der Waals surface area contributed by atoms with Crippen molar-refractivity contribution in [2.75, 3.05) is 0 Å². The number of hydrogen-bond donors (Lipinski definition) is 1. The third-order valence-corrected chi connectivity index (χ3v) is 1.88. The van der Waals surface area contributed by atoms with Crippen LogP contribution in [-0.2, 0) is 11.2 Å². The van der Waals surface area contributed by atoms with Gasteiger partial charge in [-0.1, -0.05) is 43.7 Å². The van der Waals surface area contributed by atoms with Crippen molar-refractivity contribution >= 4 is 17.1 Å². The first-order valence-electron chi connectivity index (χ1n) is 4.62. The molecule has 1 aromatic rings. The number of nitrogens with two attached hydrogens (primary N) is 1. The average Bonchev–Trinajstić information content (AvgIpc) is 2.21. The Morgan fingerprint density at radius 3 is 2.21 bits per heavy atom. The molecule has 0 atom stereocenters. The van der Waals surface area contributed by atoms with Crippen LogP contribution in [0.15, 0.2) is 30.3 Å². The Morgan fingerprint density at radius 1 is 1.36 bits per heavy atom. The van der Waals surface area contributed by atoms with Crippen molar-refractivity contribution in [1.29, 1.82) is 0 Å². The highest BCUT2D eigenvalue weighted by Crippen LogP contribution is 2.00. The van der Waals surface area contributed by atoms with Gasteiger partial charge in [0.05, 0.1) is 0 Å². The molecule has 0 bridgehead atoms. The van der Waals surface area contributed by atoms with Gasteiger partial charge in [0.15, 0.2) is 5.12 Å². The van der Waals surface area contributed by atoms with Gasteiger partial charge in [0.25, 0.3) is 0 Å². The summed E-state index contributed by atoms with van der Waals surface area (Å²) in [5.74, 6) is 0. The number of carbonyl (C=O) groups is 1. The van der Waals surface area contributed by atoms with Crippen LogP contribution in [0.1, 0.15) is 25.8 Å². The Balaban J connectivity index is 0.000000292. The second-order valence-corrected chi connectivity index (χ2v) is 3.66. The Labute approximate surface area is 90.0 Å². The smallest absolute Gasteiger partial charge is 0.200 e. The third-order valence-electron chi connectivity index (χ3n) is 1.55. The van der Waals surface area contributed by atoms with Crippen LogP contribution < -0.4 is 5.14 Å². The van der Waals surface area contributed by atoms with Gasteiger partial charge in [0.2, 0.25) is 0 Å². The lowest BCUT2D eigenvalue weighted by Crippen LogP contribution is -1.85. The van der Waals surface area contributed by atoms with E-state index in [2.05, 4.69) is 37.3 Å². The van der Waals surface area contributed by atoms with Crippen molar-refractivity contribution in [3.8, 4) is 0 Å². The van der Waals surface area contributed by atoms with Crippen molar-refractivity contribution in [3.05, 3.63) is 35.9 Å². The molecule has 2 N–H and O–H groups in total. The molecule has 0 aliphatic heterocycles. The average molecular weight is 211 g/mol. The zero-order valence-electron chi connectivity index (χ0n) is 8.69. The highest BCUT2D eigenvalue weighted by molar-refractivity contribution is 8.11. The molecule has 2 nitrogen and oxygen atoms in total. The van der Waals surface area contributed by atoms with E-state index in [1.54, 1.807) is 0 Å². The van der Waals surface area contributed by atoms with Gasteiger partial charge in [-0.05, 0) is 23.9 Å². The predicted octanol–water partition coefficient (Wildman–Crippen LogP) is 2.78. The van der Waals surface area contributed by atoms with E-state index in [-0.39, 0.29) is 5.12 Å². The lowest BCUT2D eigenvalue weighted by atomic mass is 10.1. The van der Waals surface area contributed by atoms with Crippen LogP contribution in [0.25, 0.3) is 0 Å². The molecule has 0 amide bonds. The lowest BCUT2D eigenvalue weighted by Gasteiger charge is -1.93. The molecule has 0 aliphatic rings. The van der Waals surface area contributed by atoms with E-state index < -0.39 is 0 Å². The fourth-order valence-electron chi connectivity index (χ4n) is 0.933. The van der Waals surface area contributed by atoms with Crippen LogP contribution in [0.4, 0.5) is 0 Å². The molecule has 0 aromatic heterocycles. The van der Waals surface area contributed by atoms with E-state index >= 15 is 0 Å². The molecule has 1 aromatic carbocycles. The zero-order valence-corrected chi connectivity index (χ0v) is 9.51. The molecule has 0 aliphatic carbocycles. The Hall–Kier alpha value is -0.800. The summed E-state index contributed by atoms with van der Waals surface area (Å²) in [7, 11) is 0. The molecule has 0 saturated heterocycles. The summed E-state index contributed by atoms with van der Waals surface area (Å²) in [5.41, 5.74) is 1.44. The molecule has 78 valence electrons. The van der Waals surface area contributed by atoms with Crippen LogP contribution in [-0.4, -0.2) is 5.12 Å². The summed E-state index contributed by atoms with van der Waals surface area (Å²) in [4.78, 5) is 9.65. The molecule has 14 heavy (non-hydrogen) atoms. The second-order valence-electron chi connectivity index (χ2n) is 2.85. The molecule has 0 unspecified atom stereocenters. The zero-order chi connectivity index (χ0) is 10.8. The van der Waals surface area contributed by atoms with Crippen molar-refractivity contribution < 1.29 is 4.79 Å². The van der Waals surface area contributed by atoms with E-state index in [4.69, 9.17) is 5.14 Å². The monoisotopic (exact) mass is 211 g/mol. The molecule has 0 radical (unpaired) electrons. The van der Waals surface area contributed by atoms with Gasteiger partial charge in [0.1, 0.15) is 0 Å². The van der Waals surface area contributed by atoms with Crippen LogP contribution in [0, 0.1) is 0 Å². The van der Waals surface area contributed by atoms with Crippen LogP contribution in [0.5, 0.6) is 0 Å². The van der Waals surface area contributed by atoms with Gasteiger partial charge < -0.3 is 0 Å². The molecular weight excluding hydrogens is 194 g/mol. The van der Waals surface area contributed by atoms with E-state index in [1.807, 2.05) is 0 Å². The first-order valence-corrected chi connectivity index (χ1v) is 5.49. The van der Waals surface area contributed by atoms with Gasteiger partial charge in [-0.15, -0.1) is 0 Å². The number of hydrogen-bond acceptors (Lipinski definition) is 3. The molecular formula is C11H17NOS. The number of rotatable bonds is 2. The van der Waals surface area contributed by atoms with Crippen molar-refractivity contribution in [3.63, 3.8) is 0 Å². The van der Waals surface area contributed by atoms with E-state index in [1.165, 1.54) is 25.3 Å². The first kappa shape index (κ1) is 13.2. The maximum atomic E-state index is 9.65. The van der Waals surface area contributed by atoms with Gasteiger partial charge in [-0.2, -0.15) is 0 Å². The summed E-state index contributed by atoms with van der Waals surface area (Å²) in [5, 5.41) is 4.69. The maximum absolute atomic E-state index is 9.65. The van der Waals surface area contributed by atoms with Crippen molar-refractivity contribution in [2.24, 2.45) is 5.14 Å². The standard InChI is InChI=1S/C9H12.C2H5NOS/c1-2-6-9-7-4-3-5-8-9;1-2(4)5-3/h3-5,7-8H,2,6H2,1H3;3H2,1H3. The summed E-state index contributed by atoms with van der Waals surface area (Å²) < 4.78 is 0. The lowest BCUT2D eigenvalue weighted by molar-refractivity contribution is -0.109. The van der Waals surface area contributed by atoms with Crippen LogP contribution in [0.2, 0.25) is 0 Å². The minimum absolute atomic E-state index is 0.0509. The van der Waals surface area contributed by atoms with Crippen molar-refractivity contribution in [2.45, 2.75) is 26.7 Å². The van der Waals surface area contributed by atoms with Crippen LogP contribution >= 0.6 is 11.9 Å². The summed E-state index contributed by atoms with van der Waals surface area (Å²) in [6, 6.07) is 10.6. The molecule has 0 spiro atoms. The number of carbonyl (C=O) groups excluding carboxylic acids is 1. The Kier molecular flexibility index (Phi) is 8.28. The largest absolute Gasteiger partial charge is 0.286 e. The summed E-state index contributed by atoms with van der Waals surface area (Å²) in [6.07, 6.45) is 2.45. The third kappa shape index (κ3) is 7.83. The molecule has 0 saturated carbocycles. The fraction of sp³-hybridized carbons (Fsp3) is 0.364. The number of aryl methyl sites for hydroxylation is 1. The van der Waals surface area contributed by atoms with E-state index in [0.29, 0.717) is 0 Å². The second kappa shape index (κ2) is 8.78. The van der Waals surface area contributed by atoms with Gasteiger partial charge >= 0.3 is 0 Å². The van der Waals surface area contributed by atoms with E-state index in [9.17, 15) is 4.79 Å².